The molecule has 1 unspecified atom stereocenters. The van der Waals surface area contributed by atoms with Crippen molar-refractivity contribution in [2.24, 2.45) is 0 Å². The van der Waals surface area contributed by atoms with Crippen molar-refractivity contribution in [2.75, 3.05) is 20.1 Å². The Morgan fingerprint density at radius 2 is 2.10 bits per heavy atom. The average Bonchev–Trinajstić information content (AvgIpc) is 3.02. The zero-order chi connectivity index (χ0) is 15.6. The number of ketones is 1. The molecule has 5 nitrogen and oxygen atoms in total. The molecule has 0 saturated carbocycles. The topological polar surface area (TPSA) is 54.3 Å². The minimum Gasteiger partial charge on any atom is -0.358 e. The summed E-state index contributed by atoms with van der Waals surface area (Å²) in [5.74, 6) is 0.123. The summed E-state index contributed by atoms with van der Waals surface area (Å²) in [6.45, 7) is 8.11. The van der Waals surface area contributed by atoms with Crippen molar-refractivity contribution in [1.29, 1.82) is 0 Å². The Labute approximate surface area is 126 Å². The molecule has 1 aromatic heterocycles. The normalized spacial score (nSPS) is 19.0. The highest BCUT2D eigenvalue weighted by Crippen LogP contribution is 2.20. The second-order valence-corrected chi connectivity index (χ2v) is 5.69. The van der Waals surface area contributed by atoms with Crippen molar-refractivity contribution >= 4 is 11.7 Å². The van der Waals surface area contributed by atoms with Gasteiger partial charge in [-0.2, -0.15) is 0 Å². The van der Waals surface area contributed by atoms with Gasteiger partial charge in [-0.15, -0.1) is 0 Å². The van der Waals surface area contributed by atoms with Crippen molar-refractivity contribution in [1.82, 2.24) is 14.8 Å². The maximum atomic E-state index is 12.6. The number of hydrogen-bond donors (Lipinski definition) is 1. The quantitative estimate of drug-likeness (QED) is 0.837. The largest absolute Gasteiger partial charge is 0.358 e. The van der Waals surface area contributed by atoms with Crippen LogP contribution >= 0.6 is 0 Å². The Morgan fingerprint density at radius 3 is 2.67 bits per heavy atom. The minimum atomic E-state index is -0.159. The van der Waals surface area contributed by atoms with E-state index in [-0.39, 0.29) is 17.7 Å². The Kier molecular flexibility index (Phi) is 4.83. The van der Waals surface area contributed by atoms with E-state index in [1.54, 1.807) is 7.05 Å². The van der Waals surface area contributed by atoms with Crippen molar-refractivity contribution < 1.29 is 9.59 Å². The molecule has 0 aromatic carbocycles. The number of Topliss-reactive ketones (excluding diaryl/α,β-unsaturated/α-hetero) is 1. The van der Waals surface area contributed by atoms with Gasteiger partial charge in [-0.1, -0.05) is 0 Å². The van der Waals surface area contributed by atoms with Gasteiger partial charge < -0.3 is 9.88 Å². The highest BCUT2D eigenvalue weighted by atomic mass is 16.2. The smallest absolute Gasteiger partial charge is 0.237 e. The Hall–Kier alpha value is -1.62. The molecule has 1 atom stereocenters. The van der Waals surface area contributed by atoms with Gasteiger partial charge in [0.15, 0.2) is 5.78 Å². The number of rotatable bonds is 5. The Bertz CT molecular complexity index is 548. The van der Waals surface area contributed by atoms with E-state index in [0.29, 0.717) is 6.54 Å². The summed E-state index contributed by atoms with van der Waals surface area (Å²) in [7, 11) is 1.65. The zero-order valence-electron chi connectivity index (χ0n) is 13.4. The number of aromatic nitrogens is 1. The predicted octanol–water partition coefficient (Wildman–Crippen LogP) is 1.52. The summed E-state index contributed by atoms with van der Waals surface area (Å²) in [5, 5.41) is 2.69. The summed E-state index contributed by atoms with van der Waals surface area (Å²) in [6, 6.07) is 1.81. The van der Waals surface area contributed by atoms with Crippen LogP contribution in [0.25, 0.3) is 0 Å². The third kappa shape index (κ3) is 3.02. The van der Waals surface area contributed by atoms with Crippen molar-refractivity contribution in [2.45, 2.75) is 46.2 Å². The molecule has 0 aliphatic carbocycles. The first-order chi connectivity index (χ1) is 9.99. The molecule has 5 heteroatoms. The van der Waals surface area contributed by atoms with E-state index < -0.39 is 0 Å². The molecule has 1 aromatic rings. The SMILES string of the molecule is CCn1c(C)cc(C(=O)CN2CCCC2C(=O)NC)c1C. The van der Waals surface area contributed by atoms with Gasteiger partial charge in [-0.3, -0.25) is 14.5 Å². The van der Waals surface area contributed by atoms with Gasteiger partial charge in [0.25, 0.3) is 0 Å². The lowest BCUT2D eigenvalue weighted by Gasteiger charge is -2.22. The van der Waals surface area contributed by atoms with Crippen LogP contribution in [0, 0.1) is 13.8 Å². The number of likely N-dealkylation sites (tertiary alicyclic amines) is 1. The number of likely N-dealkylation sites (N-methyl/N-ethyl adjacent to an activating group) is 1. The van der Waals surface area contributed by atoms with E-state index in [1.807, 2.05) is 24.8 Å². The molecule has 1 saturated heterocycles. The van der Waals surface area contributed by atoms with Gasteiger partial charge in [0, 0.05) is 30.5 Å². The number of aryl methyl sites for hydroxylation is 1. The first-order valence-corrected chi connectivity index (χ1v) is 7.65. The average molecular weight is 291 g/mol. The van der Waals surface area contributed by atoms with Crippen LogP contribution in [0.1, 0.15) is 41.5 Å². The number of hydrogen-bond acceptors (Lipinski definition) is 3. The van der Waals surface area contributed by atoms with Crippen LogP contribution in [-0.4, -0.2) is 47.3 Å². The van der Waals surface area contributed by atoms with Crippen LogP contribution in [0.4, 0.5) is 0 Å². The maximum absolute atomic E-state index is 12.6. The molecule has 1 N–H and O–H groups in total. The van der Waals surface area contributed by atoms with Gasteiger partial charge in [0.1, 0.15) is 0 Å². The van der Waals surface area contributed by atoms with E-state index in [0.717, 1.165) is 42.9 Å². The van der Waals surface area contributed by atoms with Crippen LogP contribution < -0.4 is 5.32 Å². The van der Waals surface area contributed by atoms with Crippen LogP contribution in [0.2, 0.25) is 0 Å². The highest BCUT2D eigenvalue weighted by Gasteiger charge is 2.31. The first kappa shape index (κ1) is 15.8. The second kappa shape index (κ2) is 6.43. The van der Waals surface area contributed by atoms with E-state index in [2.05, 4.69) is 16.8 Å². The third-order valence-corrected chi connectivity index (χ3v) is 4.45. The Balaban J connectivity index is 2.13. The van der Waals surface area contributed by atoms with Crippen LogP contribution in [0.5, 0.6) is 0 Å². The molecular weight excluding hydrogens is 266 g/mol. The summed E-state index contributed by atoms with van der Waals surface area (Å²) in [5.41, 5.74) is 2.93. The van der Waals surface area contributed by atoms with Gasteiger partial charge in [0.05, 0.1) is 12.6 Å². The fourth-order valence-electron chi connectivity index (χ4n) is 3.32. The highest BCUT2D eigenvalue weighted by molar-refractivity contribution is 5.99. The minimum absolute atomic E-state index is 0.0133. The lowest BCUT2D eigenvalue weighted by Crippen LogP contribution is -2.44. The number of amides is 1. The molecule has 1 fully saturated rings. The van der Waals surface area contributed by atoms with Crippen molar-refractivity contribution in [3.63, 3.8) is 0 Å². The summed E-state index contributed by atoms with van der Waals surface area (Å²) >= 11 is 0. The van der Waals surface area contributed by atoms with E-state index in [1.165, 1.54) is 0 Å². The van der Waals surface area contributed by atoms with Gasteiger partial charge in [-0.05, 0) is 46.2 Å². The first-order valence-electron chi connectivity index (χ1n) is 7.65. The van der Waals surface area contributed by atoms with Crippen molar-refractivity contribution in [3.05, 3.63) is 23.0 Å². The molecule has 0 radical (unpaired) electrons. The zero-order valence-corrected chi connectivity index (χ0v) is 13.4. The number of nitrogens with one attached hydrogen (secondary N) is 1. The second-order valence-electron chi connectivity index (χ2n) is 5.69. The lowest BCUT2D eigenvalue weighted by atomic mass is 10.1. The maximum Gasteiger partial charge on any atom is 0.237 e. The fraction of sp³-hybridized carbons (Fsp3) is 0.625. The van der Waals surface area contributed by atoms with Crippen LogP contribution in [-0.2, 0) is 11.3 Å². The molecule has 1 aliphatic heterocycles. The summed E-state index contributed by atoms with van der Waals surface area (Å²) < 4.78 is 2.15. The fourth-order valence-corrected chi connectivity index (χ4v) is 3.32. The molecule has 21 heavy (non-hydrogen) atoms. The molecular formula is C16H25N3O2. The lowest BCUT2D eigenvalue weighted by molar-refractivity contribution is -0.124. The van der Waals surface area contributed by atoms with Crippen molar-refractivity contribution in [3.8, 4) is 0 Å². The molecule has 1 aliphatic rings. The van der Waals surface area contributed by atoms with Crippen LogP contribution in [0.3, 0.4) is 0 Å². The predicted molar refractivity (Wildman–Crippen MR) is 82.6 cm³/mol. The van der Waals surface area contributed by atoms with Crippen LogP contribution in [0.15, 0.2) is 6.07 Å². The summed E-state index contributed by atoms with van der Waals surface area (Å²) in [6.07, 6.45) is 1.81. The standard InChI is InChI=1S/C16H25N3O2/c1-5-19-11(2)9-13(12(19)3)15(20)10-18-8-6-7-14(18)16(21)17-4/h9,14H,5-8,10H2,1-4H3,(H,17,21). The van der Waals surface area contributed by atoms with Gasteiger partial charge >= 0.3 is 0 Å². The molecule has 0 spiro atoms. The molecule has 116 valence electrons. The number of nitrogens with zero attached hydrogens (tertiary/aromatic N) is 2. The van der Waals surface area contributed by atoms with Gasteiger partial charge in [0.2, 0.25) is 5.91 Å². The molecule has 0 bridgehead atoms. The van der Waals surface area contributed by atoms with Gasteiger partial charge in [-0.25, -0.2) is 0 Å². The molecule has 2 heterocycles. The van der Waals surface area contributed by atoms with E-state index in [9.17, 15) is 9.59 Å². The monoisotopic (exact) mass is 291 g/mol. The third-order valence-electron chi connectivity index (χ3n) is 4.45. The molecule has 1 amide bonds. The van der Waals surface area contributed by atoms with E-state index in [4.69, 9.17) is 0 Å². The number of carbonyl (C=O) groups excluding carboxylic acids is 2. The Morgan fingerprint density at radius 1 is 1.38 bits per heavy atom. The summed E-state index contributed by atoms with van der Waals surface area (Å²) in [4.78, 5) is 26.4. The molecule has 2 rings (SSSR count). The van der Waals surface area contributed by atoms with E-state index >= 15 is 0 Å². The number of carbonyl (C=O) groups is 2.